The number of hydrogen-bond donors (Lipinski definition) is 1. The van der Waals surface area contributed by atoms with Crippen LogP contribution in [0.5, 0.6) is 5.75 Å². The van der Waals surface area contributed by atoms with Crippen LogP contribution in [0, 0.1) is 5.82 Å². The number of halogens is 1. The maximum absolute atomic E-state index is 13.2. The van der Waals surface area contributed by atoms with Gasteiger partial charge in [-0.2, -0.15) is 0 Å². The van der Waals surface area contributed by atoms with Crippen LogP contribution in [-0.2, 0) is 4.79 Å². The number of hydrogen-bond acceptors (Lipinski definition) is 3. The van der Waals surface area contributed by atoms with E-state index in [0.717, 1.165) is 25.7 Å². The summed E-state index contributed by atoms with van der Waals surface area (Å²) >= 11 is 0. The van der Waals surface area contributed by atoms with Crippen LogP contribution in [0.15, 0.2) is 18.2 Å². The molecule has 5 heteroatoms. The van der Waals surface area contributed by atoms with E-state index in [-0.39, 0.29) is 23.9 Å². The number of carbonyl (C=O) groups excluding carboxylic acids is 1. The fourth-order valence-electron chi connectivity index (χ4n) is 2.60. The van der Waals surface area contributed by atoms with Crippen molar-refractivity contribution in [2.45, 2.75) is 44.8 Å². The summed E-state index contributed by atoms with van der Waals surface area (Å²) in [7, 11) is 1.83. The molecule has 0 bridgehead atoms. The molecule has 0 unspecified atom stereocenters. The van der Waals surface area contributed by atoms with Gasteiger partial charge in [0.05, 0.1) is 11.8 Å². The molecule has 1 aliphatic carbocycles. The van der Waals surface area contributed by atoms with Crippen molar-refractivity contribution in [3.63, 3.8) is 0 Å². The second-order valence-corrected chi connectivity index (χ2v) is 5.36. The lowest BCUT2D eigenvalue weighted by Gasteiger charge is -2.34. The topological polar surface area (TPSA) is 55.6 Å². The maximum atomic E-state index is 13.2. The predicted molar refractivity (Wildman–Crippen MR) is 75.9 cm³/mol. The van der Waals surface area contributed by atoms with Crippen molar-refractivity contribution in [2.75, 3.05) is 12.8 Å². The average molecular weight is 280 g/mol. The minimum absolute atomic E-state index is 0.0377. The highest BCUT2D eigenvalue weighted by atomic mass is 19.1. The van der Waals surface area contributed by atoms with E-state index in [1.54, 1.807) is 11.8 Å². The van der Waals surface area contributed by atoms with E-state index in [0.29, 0.717) is 11.4 Å². The largest absolute Gasteiger partial charge is 0.488 e. The van der Waals surface area contributed by atoms with E-state index < -0.39 is 0 Å². The van der Waals surface area contributed by atoms with E-state index in [2.05, 4.69) is 0 Å². The molecule has 2 rings (SSSR count). The lowest BCUT2D eigenvalue weighted by Crippen LogP contribution is -2.40. The Kier molecular flexibility index (Phi) is 4.47. The molecule has 1 aliphatic rings. The molecule has 1 amide bonds. The summed E-state index contributed by atoms with van der Waals surface area (Å²) in [6, 6.07) is 4.43. The SMILES string of the molecule is CC(=O)N(C)[C@H]1CC[C@H](Oc2cc(F)ccc2N)CC1. The maximum Gasteiger partial charge on any atom is 0.219 e. The first-order valence-electron chi connectivity index (χ1n) is 6.92. The molecule has 0 aromatic heterocycles. The summed E-state index contributed by atoms with van der Waals surface area (Å²) in [5, 5.41) is 0. The molecular formula is C15H21FN2O2. The summed E-state index contributed by atoms with van der Waals surface area (Å²) in [5.74, 6) is 0.149. The van der Waals surface area contributed by atoms with Gasteiger partial charge >= 0.3 is 0 Å². The van der Waals surface area contributed by atoms with Gasteiger partial charge in [-0.05, 0) is 37.8 Å². The zero-order valence-electron chi connectivity index (χ0n) is 11.9. The van der Waals surface area contributed by atoms with Crippen LogP contribution in [0.2, 0.25) is 0 Å². The molecule has 1 fully saturated rings. The Morgan fingerprint density at radius 3 is 2.60 bits per heavy atom. The monoisotopic (exact) mass is 280 g/mol. The molecule has 4 nitrogen and oxygen atoms in total. The highest BCUT2D eigenvalue weighted by molar-refractivity contribution is 5.73. The Hall–Kier alpha value is -1.78. The van der Waals surface area contributed by atoms with Crippen molar-refractivity contribution in [1.82, 2.24) is 4.90 Å². The van der Waals surface area contributed by atoms with Gasteiger partial charge in [-0.25, -0.2) is 4.39 Å². The van der Waals surface area contributed by atoms with Crippen molar-refractivity contribution in [3.05, 3.63) is 24.0 Å². The fourth-order valence-corrected chi connectivity index (χ4v) is 2.60. The second-order valence-electron chi connectivity index (χ2n) is 5.36. The van der Waals surface area contributed by atoms with Gasteiger partial charge in [0.2, 0.25) is 5.91 Å². The standard InChI is InChI=1S/C15H21FN2O2/c1-10(19)18(2)12-4-6-13(7-5-12)20-15-9-11(16)3-8-14(15)17/h3,8-9,12-13H,4-7,17H2,1-2H3/t12-,13-. The first-order chi connectivity index (χ1) is 9.47. The Labute approximate surface area is 118 Å². The molecule has 0 atom stereocenters. The van der Waals surface area contributed by atoms with Gasteiger partial charge in [-0.15, -0.1) is 0 Å². The van der Waals surface area contributed by atoms with Crippen LogP contribution in [0.4, 0.5) is 10.1 Å². The summed E-state index contributed by atoms with van der Waals surface area (Å²) in [6.07, 6.45) is 3.53. The third-order valence-electron chi connectivity index (χ3n) is 3.96. The third-order valence-corrected chi connectivity index (χ3v) is 3.96. The van der Waals surface area contributed by atoms with Gasteiger partial charge in [0.15, 0.2) is 0 Å². The number of anilines is 1. The smallest absolute Gasteiger partial charge is 0.219 e. The highest BCUT2D eigenvalue weighted by Gasteiger charge is 2.26. The number of benzene rings is 1. The van der Waals surface area contributed by atoms with Crippen LogP contribution in [0.25, 0.3) is 0 Å². The molecule has 0 aliphatic heterocycles. The number of ether oxygens (including phenoxy) is 1. The normalized spacial score (nSPS) is 22.4. The van der Waals surface area contributed by atoms with Gasteiger partial charge in [0, 0.05) is 26.1 Å². The van der Waals surface area contributed by atoms with E-state index in [1.165, 1.54) is 18.2 Å². The number of nitrogens with zero attached hydrogens (tertiary/aromatic N) is 1. The Morgan fingerprint density at radius 1 is 1.35 bits per heavy atom. The van der Waals surface area contributed by atoms with Crippen LogP contribution in [0.3, 0.4) is 0 Å². The molecule has 20 heavy (non-hydrogen) atoms. The number of carbonyl (C=O) groups is 1. The molecule has 1 aromatic carbocycles. The molecule has 0 saturated heterocycles. The van der Waals surface area contributed by atoms with Crippen LogP contribution in [0.1, 0.15) is 32.6 Å². The van der Waals surface area contributed by atoms with Crippen molar-refractivity contribution in [2.24, 2.45) is 0 Å². The third kappa shape index (κ3) is 3.40. The van der Waals surface area contributed by atoms with E-state index in [1.807, 2.05) is 7.05 Å². The number of nitrogens with two attached hydrogens (primary N) is 1. The van der Waals surface area contributed by atoms with Gasteiger partial charge in [0.25, 0.3) is 0 Å². The van der Waals surface area contributed by atoms with Gasteiger partial charge in [0.1, 0.15) is 11.6 Å². The quantitative estimate of drug-likeness (QED) is 0.866. The number of rotatable bonds is 3. The average Bonchev–Trinajstić information content (AvgIpc) is 2.43. The molecule has 1 saturated carbocycles. The number of nitrogen functional groups attached to an aromatic ring is 1. The Morgan fingerprint density at radius 2 is 2.00 bits per heavy atom. The zero-order valence-corrected chi connectivity index (χ0v) is 11.9. The van der Waals surface area contributed by atoms with E-state index >= 15 is 0 Å². The van der Waals surface area contributed by atoms with E-state index in [4.69, 9.17) is 10.5 Å². The van der Waals surface area contributed by atoms with Gasteiger partial charge in [-0.1, -0.05) is 0 Å². The highest BCUT2D eigenvalue weighted by Crippen LogP contribution is 2.29. The molecule has 0 radical (unpaired) electrons. The molecule has 2 N–H and O–H groups in total. The van der Waals surface area contributed by atoms with Crippen LogP contribution < -0.4 is 10.5 Å². The Bertz CT molecular complexity index is 485. The van der Waals surface area contributed by atoms with Crippen molar-refractivity contribution >= 4 is 11.6 Å². The summed E-state index contributed by atoms with van der Waals surface area (Å²) in [5.41, 5.74) is 6.23. The predicted octanol–water partition coefficient (Wildman–Crippen LogP) is 2.58. The number of amides is 1. The molecule has 0 spiro atoms. The molecule has 0 heterocycles. The fraction of sp³-hybridized carbons (Fsp3) is 0.533. The second kappa shape index (κ2) is 6.11. The van der Waals surface area contributed by atoms with Crippen molar-refractivity contribution in [1.29, 1.82) is 0 Å². The first-order valence-corrected chi connectivity index (χ1v) is 6.92. The van der Waals surface area contributed by atoms with Crippen LogP contribution >= 0.6 is 0 Å². The molecular weight excluding hydrogens is 259 g/mol. The summed E-state index contributed by atoms with van der Waals surface area (Å²) < 4.78 is 19.0. The lowest BCUT2D eigenvalue weighted by molar-refractivity contribution is -0.130. The van der Waals surface area contributed by atoms with E-state index in [9.17, 15) is 9.18 Å². The van der Waals surface area contributed by atoms with Gasteiger partial charge in [-0.3, -0.25) is 4.79 Å². The summed E-state index contributed by atoms with van der Waals surface area (Å²) in [4.78, 5) is 13.1. The van der Waals surface area contributed by atoms with Crippen molar-refractivity contribution in [3.8, 4) is 5.75 Å². The van der Waals surface area contributed by atoms with Crippen molar-refractivity contribution < 1.29 is 13.9 Å². The lowest BCUT2D eigenvalue weighted by atomic mass is 9.92. The zero-order chi connectivity index (χ0) is 14.7. The molecule has 110 valence electrons. The van der Waals surface area contributed by atoms with Gasteiger partial charge < -0.3 is 15.4 Å². The van der Waals surface area contributed by atoms with Crippen LogP contribution in [-0.4, -0.2) is 30.0 Å². The first kappa shape index (κ1) is 14.6. The molecule has 1 aromatic rings. The summed E-state index contributed by atoms with van der Waals surface area (Å²) in [6.45, 7) is 1.58. The minimum Gasteiger partial charge on any atom is -0.488 e. The minimum atomic E-state index is -0.348. The Balaban J connectivity index is 1.91.